The van der Waals surface area contributed by atoms with Gasteiger partial charge in [0.05, 0.1) is 4.90 Å². The van der Waals surface area contributed by atoms with E-state index in [-0.39, 0.29) is 5.41 Å². The maximum atomic E-state index is 12.7. The first-order chi connectivity index (χ1) is 10.6. The van der Waals surface area contributed by atoms with Gasteiger partial charge in [0, 0.05) is 13.1 Å². The highest BCUT2D eigenvalue weighted by Crippen LogP contribution is 2.29. The van der Waals surface area contributed by atoms with Gasteiger partial charge in [-0.1, -0.05) is 44.6 Å². The molecule has 0 unspecified atom stereocenters. The summed E-state index contributed by atoms with van der Waals surface area (Å²) in [6, 6.07) is 3.98. The molecule has 23 heavy (non-hydrogen) atoms. The third-order valence-electron chi connectivity index (χ3n) is 4.24. The molecule has 0 fully saturated rings. The van der Waals surface area contributed by atoms with Crippen LogP contribution in [0.25, 0.3) is 0 Å². The van der Waals surface area contributed by atoms with Crippen molar-refractivity contribution >= 4 is 10.0 Å². The van der Waals surface area contributed by atoms with Crippen LogP contribution >= 0.6 is 0 Å². The Balaban J connectivity index is 2.27. The fourth-order valence-electron chi connectivity index (χ4n) is 2.90. The first-order valence-electron chi connectivity index (χ1n) is 8.11. The van der Waals surface area contributed by atoms with Crippen molar-refractivity contribution in [3.8, 4) is 0 Å². The summed E-state index contributed by atoms with van der Waals surface area (Å²) < 4.78 is 28.2. The Bertz CT molecular complexity index is 690. The minimum Gasteiger partial charge on any atom is -0.313 e. The molecule has 1 aliphatic heterocycles. The average molecular weight is 337 g/mol. The molecule has 0 radical (unpaired) electrons. The molecule has 2 N–H and O–H groups in total. The van der Waals surface area contributed by atoms with E-state index in [0.29, 0.717) is 11.4 Å². The fraction of sp³-hybridized carbons (Fsp3) is 0.556. The molecule has 0 atom stereocenters. The van der Waals surface area contributed by atoms with Crippen LogP contribution in [0.3, 0.4) is 0 Å². The topological polar surface area (TPSA) is 58.2 Å². The maximum absolute atomic E-state index is 12.7. The van der Waals surface area contributed by atoms with Crippen LogP contribution in [-0.2, 0) is 15.4 Å². The first kappa shape index (κ1) is 18.2. The number of sulfonamides is 1. The van der Waals surface area contributed by atoms with Crippen molar-refractivity contribution in [2.45, 2.75) is 51.3 Å². The van der Waals surface area contributed by atoms with E-state index in [2.05, 4.69) is 36.9 Å². The number of hydrogen-bond donors (Lipinski definition) is 2. The second-order valence-corrected chi connectivity index (χ2v) is 9.03. The van der Waals surface area contributed by atoms with Gasteiger partial charge in [-0.2, -0.15) is 0 Å². The predicted molar refractivity (Wildman–Crippen MR) is 95.4 cm³/mol. The van der Waals surface area contributed by atoms with Crippen LogP contribution in [0.4, 0.5) is 0 Å². The lowest BCUT2D eigenvalue weighted by Crippen LogP contribution is -2.30. The van der Waals surface area contributed by atoms with Crippen molar-refractivity contribution in [1.82, 2.24) is 10.0 Å². The van der Waals surface area contributed by atoms with Crippen LogP contribution in [0.2, 0.25) is 0 Å². The van der Waals surface area contributed by atoms with E-state index < -0.39 is 10.0 Å². The largest absolute Gasteiger partial charge is 0.313 e. The zero-order chi connectivity index (χ0) is 17.3. The molecule has 0 amide bonds. The summed E-state index contributed by atoms with van der Waals surface area (Å²) >= 11 is 0. The van der Waals surface area contributed by atoms with Crippen LogP contribution in [0.5, 0.6) is 0 Å². The maximum Gasteiger partial charge on any atom is 0.241 e. The number of hydrogen-bond acceptors (Lipinski definition) is 3. The number of aryl methyl sites for hydroxylation is 2. The number of benzene rings is 1. The molecule has 1 heterocycles. The van der Waals surface area contributed by atoms with Crippen molar-refractivity contribution in [1.29, 1.82) is 0 Å². The third-order valence-corrected chi connectivity index (χ3v) is 5.95. The summed E-state index contributed by atoms with van der Waals surface area (Å²) in [5.41, 5.74) is 3.93. The molecule has 128 valence electrons. The molecule has 5 heteroatoms. The van der Waals surface area contributed by atoms with Gasteiger partial charge in [0.15, 0.2) is 0 Å². The summed E-state index contributed by atoms with van der Waals surface area (Å²) in [7, 11) is -3.49. The predicted octanol–water partition coefficient (Wildman–Crippen LogP) is 2.80. The molecule has 0 bridgehead atoms. The molecular weight excluding hydrogens is 308 g/mol. The quantitative estimate of drug-likeness (QED) is 0.831. The molecule has 0 aromatic heterocycles. The molecule has 0 aliphatic carbocycles. The Morgan fingerprint density at radius 2 is 1.78 bits per heavy atom. The second-order valence-electron chi connectivity index (χ2n) is 7.33. The first-order valence-corrected chi connectivity index (χ1v) is 9.59. The van der Waals surface area contributed by atoms with Crippen LogP contribution in [0.1, 0.15) is 43.9 Å². The Hall–Kier alpha value is -1.17. The number of rotatable bonds is 4. The van der Waals surface area contributed by atoms with E-state index >= 15 is 0 Å². The average Bonchev–Trinajstić information content (AvgIpc) is 2.44. The molecule has 1 aliphatic rings. The van der Waals surface area contributed by atoms with Crippen molar-refractivity contribution in [2.75, 3.05) is 19.6 Å². The van der Waals surface area contributed by atoms with Crippen molar-refractivity contribution in [3.05, 3.63) is 40.5 Å². The van der Waals surface area contributed by atoms with Gasteiger partial charge in [-0.05, 0) is 48.9 Å². The molecule has 4 nitrogen and oxygen atoms in total. The lowest BCUT2D eigenvalue weighted by atomic mass is 9.85. The fourth-order valence-corrected chi connectivity index (χ4v) is 4.38. The van der Waals surface area contributed by atoms with E-state index in [0.717, 1.165) is 41.8 Å². The van der Waals surface area contributed by atoms with Crippen LogP contribution < -0.4 is 10.0 Å². The smallest absolute Gasteiger partial charge is 0.241 e. The summed E-state index contributed by atoms with van der Waals surface area (Å²) in [6.07, 6.45) is 2.96. The van der Waals surface area contributed by atoms with Crippen molar-refractivity contribution in [2.24, 2.45) is 0 Å². The molecule has 0 saturated carbocycles. The Labute approximate surface area is 140 Å². The van der Waals surface area contributed by atoms with Gasteiger partial charge in [0.2, 0.25) is 10.0 Å². The lowest BCUT2D eigenvalue weighted by Gasteiger charge is -2.22. The Morgan fingerprint density at radius 1 is 1.17 bits per heavy atom. The monoisotopic (exact) mass is 336 g/mol. The van der Waals surface area contributed by atoms with E-state index in [4.69, 9.17) is 0 Å². The normalized spacial score (nSPS) is 16.3. The minimum absolute atomic E-state index is 0.00511. The summed E-state index contributed by atoms with van der Waals surface area (Å²) in [4.78, 5) is 0.417. The number of nitrogens with one attached hydrogen (secondary N) is 2. The van der Waals surface area contributed by atoms with E-state index in [1.54, 1.807) is 0 Å². The highest BCUT2D eigenvalue weighted by molar-refractivity contribution is 7.89. The van der Waals surface area contributed by atoms with Gasteiger partial charge in [-0.3, -0.25) is 0 Å². The minimum atomic E-state index is -3.49. The van der Waals surface area contributed by atoms with Gasteiger partial charge >= 0.3 is 0 Å². The van der Waals surface area contributed by atoms with Gasteiger partial charge in [-0.15, -0.1) is 0 Å². The van der Waals surface area contributed by atoms with Crippen molar-refractivity contribution in [3.63, 3.8) is 0 Å². The van der Waals surface area contributed by atoms with E-state index in [1.165, 1.54) is 0 Å². The van der Waals surface area contributed by atoms with Gasteiger partial charge in [-0.25, -0.2) is 13.1 Å². The van der Waals surface area contributed by atoms with Crippen LogP contribution in [0.15, 0.2) is 28.7 Å². The van der Waals surface area contributed by atoms with Crippen molar-refractivity contribution < 1.29 is 8.42 Å². The van der Waals surface area contributed by atoms with Gasteiger partial charge < -0.3 is 5.32 Å². The third kappa shape index (κ3) is 4.43. The highest BCUT2D eigenvalue weighted by atomic mass is 32.2. The summed E-state index contributed by atoms with van der Waals surface area (Å²) in [5.74, 6) is 0. The molecule has 0 spiro atoms. The Kier molecular flexibility index (Phi) is 5.33. The standard InChI is InChI=1S/C18H28N2O2S/c1-13-10-16(18(3,4)5)11-14(2)17(13)23(21,22)20-12-15-6-8-19-9-7-15/h6,10-11,19-20H,7-9,12H2,1-5H3. The van der Waals surface area contributed by atoms with Gasteiger partial charge in [0.25, 0.3) is 0 Å². The highest BCUT2D eigenvalue weighted by Gasteiger charge is 2.23. The molecular formula is C18H28N2O2S. The van der Waals surface area contributed by atoms with E-state index in [9.17, 15) is 8.42 Å². The summed E-state index contributed by atoms with van der Waals surface area (Å²) in [6.45, 7) is 12.3. The Morgan fingerprint density at radius 3 is 2.26 bits per heavy atom. The molecule has 1 aromatic carbocycles. The molecule has 1 aromatic rings. The van der Waals surface area contributed by atoms with Gasteiger partial charge in [0.1, 0.15) is 0 Å². The van der Waals surface area contributed by atoms with E-state index in [1.807, 2.05) is 26.0 Å². The SMILES string of the molecule is Cc1cc(C(C)(C)C)cc(C)c1S(=O)(=O)NCC1=CCNCC1. The second kappa shape index (κ2) is 6.75. The molecule has 2 rings (SSSR count). The molecule has 0 saturated heterocycles. The zero-order valence-electron chi connectivity index (χ0n) is 14.8. The summed E-state index contributed by atoms with van der Waals surface area (Å²) in [5, 5.41) is 3.23. The van der Waals surface area contributed by atoms with Crippen LogP contribution in [0, 0.1) is 13.8 Å². The van der Waals surface area contributed by atoms with Crippen LogP contribution in [-0.4, -0.2) is 28.1 Å². The zero-order valence-corrected chi connectivity index (χ0v) is 15.6. The lowest BCUT2D eigenvalue weighted by molar-refractivity contribution is 0.576.